The number of carbonyl (C=O) groups is 5. The van der Waals surface area contributed by atoms with Crippen LogP contribution in [0.1, 0.15) is 44.4 Å². The molecule has 0 aliphatic heterocycles. The number of hydrogen-bond acceptors (Lipinski definition) is 7. The predicted molar refractivity (Wildman–Crippen MR) is 181 cm³/mol. The zero-order valence-corrected chi connectivity index (χ0v) is 28.0. The Balaban J connectivity index is 1.60. The number of ether oxygens (including phenoxy) is 2. The van der Waals surface area contributed by atoms with Gasteiger partial charge in [-0.25, -0.2) is 4.79 Å². The van der Waals surface area contributed by atoms with E-state index < -0.39 is 60.0 Å². The smallest absolute Gasteiger partial charge is 0.408 e. The minimum atomic E-state index is -1.09. The molecule has 256 valence electrons. The van der Waals surface area contributed by atoms with E-state index in [-0.39, 0.29) is 12.8 Å². The van der Waals surface area contributed by atoms with Crippen LogP contribution >= 0.6 is 0 Å². The molecule has 0 radical (unpaired) electrons. The lowest BCUT2D eigenvalue weighted by Crippen LogP contribution is -2.55. The summed E-state index contributed by atoms with van der Waals surface area (Å²) in [5.41, 5.74) is 7.33. The Hall–Kier alpha value is -5.39. The van der Waals surface area contributed by atoms with Crippen LogP contribution in [-0.4, -0.2) is 71.9 Å². The van der Waals surface area contributed by atoms with E-state index in [9.17, 15) is 24.0 Å². The molecule has 0 spiro atoms. The molecule has 0 unspecified atom stereocenters. The van der Waals surface area contributed by atoms with E-state index in [1.165, 1.54) is 18.9 Å². The summed E-state index contributed by atoms with van der Waals surface area (Å²) < 4.78 is 11.2. The summed E-state index contributed by atoms with van der Waals surface area (Å²) in [5.74, 6) is -1.86. The van der Waals surface area contributed by atoms with Gasteiger partial charge in [-0.15, -0.1) is 0 Å². The molecule has 5 amide bonds. The van der Waals surface area contributed by atoms with Crippen molar-refractivity contribution in [3.8, 4) is 5.75 Å². The Bertz CT molecular complexity index is 1530. The van der Waals surface area contributed by atoms with Gasteiger partial charge in [-0.1, -0.05) is 72.8 Å². The van der Waals surface area contributed by atoms with Crippen molar-refractivity contribution in [1.82, 2.24) is 20.9 Å². The van der Waals surface area contributed by atoms with Gasteiger partial charge < -0.3 is 36.1 Å². The van der Waals surface area contributed by atoms with Crippen LogP contribution in [-0.2, 0) is 43.4 Å². The lowest BCUT2D eigenvalue weighted by atomic mass is 10.0. The second-order valence-corrected chi connectivity index (χ2v) is 12.4. The third-order valence-corrected chi connectivity index (χ3v) is 7.25. The highest BCUT2D eigenvalue weighted by molar-refractivity contribution is 5.93. The van der Waals surface area contributed by atoms with Crippen LogP contribution in [0.5, 0.6) is 5.75 Å². The summed E-state index contributed by atoms with van der Waals surface area (Å²) in [7, 11) is 1.44. The van der Waals surface area contributed by atoms with Gasteiger partial charge in [0.25, 0.3) is 0 Å². The molecule has 0 aliphatic carbocycles. The van der Waals surface area contributed by atoms with Gasteiger partial charge in [-0.05, 0) is 56.5 Å². The van der Waals surface area contributed by atoms with Gasteiger partial charge in [-0.3, -0.25) is 19.2 Å². The summed E-state index contributed by atoms with van der Waals surface area (Å²) in [6, 6.07) is 22.9. The van der Waals surface area contributed by atoms with Gasteiger partial charge in [0, 0.05) is 19.9 Å². The van der Waals surface area contributed by atoms with Crippen LogP contribution in [0.2, 0.25) is 0 Å². The van der Waals surface area contributed by atoms with Gasteiger partial charge in [-0.2, -0.15) is 0 Å². The fourth-order valence-corrected chi connectivity index (χ4v) is 4.62. The molecule has 48 heavy (non-hydrogen) atoms. The predicted octanol–water partition coefficient (Wildman–Crippen LogP) is 2.88. The summed E-state index contributed by atoms with van der Waals surface area (Å²) in [6.07, 6.45) is -0.484. The molecule has 12 heteroatoms. The Labute approximate surface area is 281 Å². The van der Waals surface area contributed by atoms with Crippen LogP contribution in [0.4, 0.5) is 4.79 Å². The molecule has 0 aliphatic rings. The van der Waals surface area contributed by atoms with Gasteiger partial charge in [0.15, 0.2) is 0 Å². The van der Waals surface area contributed by atoms with E-state index >= 15 is 0 Å². The minimum Gasteiger partial charge on any atom is -0.489 e. The fraction of sp³-hybridized carbons (Fsp3) is 0.361. The van der Waals surface area contributed by atoms with Crippen molar-refractivity contribution in [3.63, 3.8) is 0 Å². The SMILES string of the molecule is C[C@@H](NC(=O)[C@H](Cc1ccc(OCc2ccccc2)cc1)NC(=O)OC(C)(C)C)C(=O)NCC(=O)N(C)[C@@H](Cc1ccccc1)C(N)=O. The summed E-state index contributed by atoms with van der Waals surface area (Å²) in [6.45, 7) is 6.53. The molecule has 12 nitrogen and oxygen atoms in total. The largest absolute Gasteiger partial charge is 0.489 e. The second kappa shape index (κ2) is 17.5. The normalized spacial score (nSPS) is 12.9. The number of benzene rings is 3. The molecule has 3 atom stereocenters. The molecule has 0 saturated heterocycles. The van der Waals surface area contributed by atoms with E-state index in [0.29, 0.717) is 12.4 Å². The molecule has 3 aromatic rings. The molecule has 0 fully saturated rings. The third-order valence-electron chi connectivity index (χ3n) is 7.25. The van der Waals surface area contributed by atoms with Crippen LogP contribution in [0.3, 0.4) is 0 Å². The third kappa shape index (κ3) is 12.4. The highest BCUT2D eigenvalue weighted by atomic mass is 16.6. The van der Waals surface area contributed by atoms with Crippen LogP contribution in [0.25, 0.3) is 0 Å². The van der Waals surface area contributed by atoms with Gasteiger partial charge in [0.05, 0.1) is 6.54 Å². The zero-order chi connectivity index (χ0) is 35.3. The molecule has 0 heterocycles. The summed E-state index contributed by atoms with van der Waals surface area (Å²) >= 11 is 0. The maximum atomic E-state index is 13.4. The lowest BCUT2D eigenvalue weighted by molar-refractivity contribution is -0.138. The minimum absolute atomic E-state index is 0.0948. The van der Waals surface area contributed by atoms with Crippen molar-refractivity contribution in [1.29, 1.82) is 0 Å². The Morgan fingerprint density at radius 2 is 1.33 bits per heavy atom. The first-order chi connectivity index (χ1) is 22.7. The number of nitrogens with one attached hydrogen (secondary N) is 3. The van der Waals surface area contributed by atoms with Gasteiger partial charge in [0.2, 0.25) is 23.6 Å². The van der Waals surface area contributed by atoms with E-state index in [0.717, 1.165) is 16.7 Å². The molecule has 0 bridgehead atoms. The number of carbonyl (C=O) groups excluding carboxylic acids is 5. The molecule has 0 aromatic heterocycles. The van der Waals surface area contributed by atoms with Crippen molar-refractivity contribution in [3.05, 3.63) is 102 Å². The molecule has 5 N–H and O–H groups in total. The quantitative estimate of drug-likeness (QED) is 0.195. The molecule has 3 rings (SSSR count). The van der Waals surface area contributed by atoms with E-state index in [1.807, 2.05) is 60.7 Å². The monoisotopic (exact) mass is 659 g/mol. The number of alkyl carbamates (subject to hydrolysis) is 1. The Morgan fingerprint density at radius 1 is 0.771 bits per heavy atom. The number of rotatable bonds is 15. The zero-order valence-electron chi connectivity index (χ0n) is 28.0. The average molecular weight is 660 g/mol. The molecular formula is C36H45N5O7. The number of nitrogens with two attached hydrogens (primary N) is 1. The first-order valence-electron chi connectivity index (χ1n) is 15.6. The van der Waals surface area contributed by atoms with Crippen molar-refractivity contribution in [2.24, 2.45) is 5.73 Å². The van der Waals surface area contributed by atoms with Crippen molar-refractivity contribution in [2.75, 3.05) is 13.6 Å². The number of hydrogen-bond donors (Lipinski definition) is 4. The van der Waals surface area contributed by atoms with E-state index in [4.69, 9.17) is 15.2 Å². The summed E-state index contributed by atoms with van der Waals surface area (Å²) in [4.78, 5) is 65.0. The maximum absolute atomic E-state index is 13.4. The van der Waals surface area contributed by atoms with Crippen molar-refractivity contribution in [2.45, 2.75) is 70.9 Å². The van der Waals surface area contributed by atoms with E-state index in [2.05, 4.69) is 16.0 Å². The van der Waals surface area contributed by atoms with Crippen LogP contribution in [0, 0.1) is 0 Å². The number of primary amides is 1. The summed E-state index contributed by atoms with van der Waals surface area (Å²) in [5, 5.41) is 7.69. The number of nitrogens with zero attached hydrogens (tertiary/aromatic N) is 1. The molecule has 0 saturated carbocycles. The maximum Gasteiger partial charge on any atom is 0.408 e. The first-order valence-corrected chi connectivity index (χ1v) is 15.6. The standard InChI is InChI=1S/C36H45N5O7/c1-24(33(44)38-22-31(42)41(5)30(32(37)43)21-25-12-8-6-9-13-25)39-34(45)29(40-35(46)48-36(2,3)4)20-26-16-18-28(19-17-26)47-23-27-14-10-7-11-15-27/h6-19,24,29-30H,20-23H2,1-5H3,(H2,37,43)(H,38,44)(H,39,45)(H,40,46)/t24-,29+,30+/m1/s1. The lowest BCUT2D eigenvalue weighted by Gasteiger charge is -2.26. The highest BCUT2D eigenvalue weighted by Gasteiger charge is 2.29. The van der Waals surface area contributed by atoms with Crippen LogP contribution in [0.15, 0.2) is 84.9 Å². The van der Waals surface area contributed by atoms with Crippen molar-refractivity contribution < 1.29 is 33.4 Å². The van der Waals surface area contributed by atoms with Gasteiger partial charge >= 0.3 is 6.09 Å². The van der Waals surface area contributed by atoms with E-state index in [1.54, 1.807) is 45.0 Å². The van der Waals surface area contributed by atoms with Gasteiger partial charge in [0.1, 0.15) is 36.1 Å². The van der Waals surface area contributed by atoms with Crippen LogP contribution < -0.4 is 26.4 Å². The average Bonchev–Trinajstić information content (AvgIpc) is 3.04. The topological polar surface area (TPSA) is 169 Å². The molecule has 3 aromatic carbocycles. The fourth-order valence-electron chi connectivity index (χ4n) is 4.62. The van der Waals surface area contributed by atoms with Crippen molar-refractivity contribution >= 4 is 29.7 Å². The Morgan fingerprint density at radius 3 is 1.90 bits per heavy atom. The second-order valence-electron chi connectivity index (χ2n) is 12.4. The Kier molecular flexibility index (Phi) is 13.5. The first kappa shape index (κ1) is 37.1. The molecular weight excluding hydrogens is 614 g/mol. The number of likely N-dealkylation sites (N-methyl/N-ethyl adjacent to an activating group) is 1. The highest BCUT2D eigenvalue weighted by Crippen LogP contribution is 2.16. The number of amides is 5.